The van der Waals surface area contributed by atoms with Crippen molar-refractivity contribution in [3.8, 4) is 0 Å². The molecule has 0 bridgehead atoms. The zero-order valence-electron chi connectivity index (χ0n) is 10.9. The fourth-order valence-electron chi connectivity index (χ4n) is 2.29. The van der Waals surface area contributed by atoms with E-state index in [1.54, 1.807) is 0 Å². The van der Waals surface area contributed by atoms with Crippen molar-refractivity contribution < 1.29 is 9.90 Å². The Labute approximate surface area is 116 Å². The van der Waals surface area contributed by atoms with Gasteiger partial charge < -0.3 is 15.7 Å². The molecule has 1 aliphatic rings. The molecular formula is C11H19N5O2S. The van der Waals surface area contributed by atoms with E-state index >= 15 is 0 Å². The summed E-state index contributed by atoms with van der Waals surface area (Å²) in [4.78, 5) is 12.9. The first-order valence-corrected chi connectivity index (χ1v) is 7.30. The second-order valence-corrected chi connectivity index (χ2v) is 5.71. The third-order valence-electron chi connectivity index (χ3n) is 3.39. The van der Waals surface area contributed by atoms with Gasteiger partial charge in [0.15, 0.2) is 5.16 Å². The van der Waals surface area contributed by atoms with Gasteiger partial charge in [0.2, 0.25) is 5.95 Å². The van der Waals surface area contributed by atoms with E-state index in [0.29, 0.717) is 17.1 Å². The Balaban J connectivity index is 2.05. The van der Waals surface area contributed by atoms with E-state index in [1.165, 1.54) is 12.8 Å². The maximum atomic E-state index is 10.6. The first kappa shape index (κ1) is 14.1. The number of hydrogen-bond acceptors (Lipinski definition) is 6. The SMILES string of the molecule is CN1CCCCC1Cn1c(N)nnc1SCC(=O)O. The van der Waals surface area contributed by atoms with Crippen molar-refractivity contribution in [3.05, 3.63) is 0 Å². The van der Waals surface area contributed by atoms with Gasteiger partial charge in [-0.25, -0.2) is 0 Å². The summed E-state index contributed by atoms with van der Waals surface area (Å²) in [5, 5.41) is 17.1. The van der Waals surface area contributed by atoms with Crippen LogP contribution < -0.4 is 5.73 Å². The lowest BCUT2D eigenvalue weighted by Crippen LogP contribution is -2.39. The smallest absolute Gasteiger partial charge is 0.313 e. The summed E-state index contributed by atoms with van der Waals surface area (Å²) >= 11 is 1.16. The molecule has 0 saturated carbocycles. The molecule has 1 fully saturated rings. The summed E-state index contributed by atoms with van der Waals surface area (Å²) in [5.74, 6) is -0.543. The van der Waals surface area contributed by atoms with Crippen LogP contribution in [0.1, 0.15) is 19.3 Å². The minimum Gasteiger partial charge on any atom is -0.481 e. The number of anilines is 1. The molecule has 1 aliphatic heterocycles. The molecule has 0 aromatic carbocycles. The number of carboxylic acid groups (broad SMARTS) is 1. The summed E-state index contributed by atoms with van der Waals surface area (Å²) in [6, 6.07) is 0.413. The summed E-state index contributed by atoms with van der Waals surface area (Å²) in [5.41, 5.74) is 5.82. The summed E-state index contributed by atoms with van der Waals surface area (Å²) in [6.45, 7) is 1.81. The van der Waals surface area contributed by atoms with E-state index in [9.17, 15) is 4.79 Å². The van der Waals surface area contributed by atoms with E-state index < -0.39 is 5.97 Å². The number of rotatable bonds is 5. The molecule has 0 amide bonds. The average molecular weight is 285 g/mol. The maximum Gasteiger partial charge on any atom is 0.313 e. The van der Waals surface area contributed by atoms with Gasteiger partial charge >= 0.3 is 5.97 Å². The Morgan fingerprint density at radius 3 is 3.00 bits per heavy atom. The van der Waals surface area contributed by atoms with Crippen molar-refractivity contribution in [2.24, 2.45) is 0 Å². The number of piperidine rings is 1. The van der Waals surface area contributed by atoms with Gasteiger partial charge in [0.25, 0.3) is 0 Å². The highest BCUT2D eigenvalue weighted by atomic mass is 32.2. The third-order valence-corrected chi connectivity index (χ3v) is 4.34. The van der Waals surface area contributed by atoms with Crippen molar-refractivity contribution >= 4 is 23.7 Å². The molecule has 7 nitrogen and oxygen atoms in total. The number of hydrogen-bond donors (Lipinski definition) is 2. The molecule has 8 heteroatoms. The van der Waals surface area contributed by atoms with Crippen molar-refractivity contribution in [2.45, 2.75) is 37.0 Å². The topological polar surface area (TPSA) is 97.3 Å². The Kier molecular flexibility index (Phi) is 4.65. The Morgan fingerprint density at radius 1 is 1.53 bits per heavy atom. The highest BCUT2D eigenvalue weighted by molar-refractivity contribution is 7.99. The Bertz CT molecular complexity index is 450. The van der Waals surface area contributed by atoms with Crippen molar-refractivity contribution in [1.29, 1.82) is 0 Å². The van der Waals surface area contributed by atoms with Crippen LogP contribution in [0.5, 0.6) is 0 Å². The summed E-state index contributed by atoms with van der Waals surface area (Å²) in [7, 11) is 2.11. The number of carbonyl (C=O) groups is 1. The molecule has 0 radical (unpaired) electrons. The predicted octanol–water partition coefficient (Wildman–Crippen LogP) is 0.521. The lowest BCUT2D eigenvalue weighted by Gasteiger charge is -2.32. The van der Waals surface area contributed by atoms with Gasteiger partial charge in [-0.1, -0.05) is 18.2 Å². The number of aliphatic carboxylic acids is 1. The van der Waals surface area contributed by atoms with Gasteiger partial charge in [-0.15, -0.1) is 10.2 Å². The van der Waals surface area contributed by atoms with Crippen LogP contribution >= 0.6 is 11.8 Å². The number of nitrogens with zero attached hydrogens (tertiary/aromatic N) is 4. The number of carboxylic acids is 1. The lowest BCUT2D eigenvalue weighted by atomic mass is 10.0. The molecule has 106 valence electrons. The highest BCUT2D eigenvalue weighted by Gasteiger charge is 2.22. The second-order valence-electron chi connectivity index (χ2n) is 4.76. The van der Waals surface area contributed by atoms with E-state index in [2.05, 4.69) is 22.1 Å². The van der Waals surface area contributed by atoms with E-state index in [1.807, 2.05) is 4.57 Å². The first-order valence-electron chi connectivity index (χ1n) is 6.31. The van der Waals surface area contributed by atoms with Crippen LogP contribution in [0.3, 0.4) is 0 Å². The number of nitrogen functional groups attached to an aromatic ring is 1. The first-order chi connectivity index (χ1) is 9.08. The molecule has 0 aliphatic carbocycles. The van der Waals surface area contributed by atoms with Crippen LogP contribution in [-0.2, 0) is 11.3 Å². The molecule has 1 saturated heterocycles. The van der Waals surface area contributed by atoms with Gasteiger partial charge in [0.1, 0.15) is 0 Å². The number of nitrogens with two attached hydrogens (primary N) is 1. The molecule has 1 aromatic heterocycles. The van der Waals surface area contributed by atoms with Crippen LogP contribution in [-0.4, -0.2) is 56.1 Å². The quantitative estimate of drug-likeness (QED) is 0.761. The Morgan fingerprint density at radius 2 is 2.32 bits per heavy atom. The van der Waals surface area contributed by atoms with Gasteiger partial charge in [-0.2, -0.15) is 0 Å². The molecule has 3 N–H and O–H groups in total. The molecule has 2 heterocycles. The molecular weight excluding hydrogens is 266 g/mol. The van der Waals surface area contributed by atoms with Gasteiger partial charge in [0, 0.05) is 12.6 Å². The summed E-state index contributed by atoms with van der Waals surface area (Å²) in [6.07, 6.45) is 3.57. The third kappa shape index (κ3) is 3.60. The van der Waals surface area contributed by atoms with Crippen LogP contribution in [0.25, 0.3) is 0 Å². The lowest BCUT2D eigenvalue weighted by molar-refractivity contribution is -0.133. The zero-order valence-corrected chi connectivity index (χ0v) is 11.8. The number of likely N-dealkylation sites (tertiary alicyclic amines) is 1. The number of thioether (sulfide) groups is 1. The molecule has 19 heavy (non-hydrogen) atoms. The minimum atomic E-state index is -0.868. The molecule has 0 spiro atoms. The van der Waals surface area contributed by atoms with Gasteiger partial charge in [-0.05, 0) is 26.4 Å². The normalized spacial score (nSPS) is 20.6. The van der Waals surface area contributed by atoms with Gasteiger partial charge in [0.05, 0.1) is 5.75 Å². The number of likely N-dealkylation sites (N-methyl/N-ethyl adjacent to an activating group) is 1. The fraction of sp³-hybridized carbons (Fsp3) is 0.727. The fourth-order valence-corrected chi connectivity index (χ4v) is 2.97. The van der Waals surface area contributed by atoms with E-state index in [-0.39, 0.29) is 5.75 Å². The van der Waals surface area contributed by atoms with Gasteiger partial charge in [-0.3, -0.25) is 9.36 Å². The van der Waals surface area contributed by atoms with Crippen LogP contribution in [0, 0.1) is 0 Å². The average Bonchev–Trinajstić information content (AvgIpc) is 2.71. The monoisotopic (exact) mass is 285 g/mol. The highest BCUT2D eigenvalue weighted by Crippen LogP contribution is 2.22. The van der Waals surface area contributed by atoms with E-state index in [4.69, 9.17) is 10.8 Å². The van der Waals surface area contributed by atoms with Crippen LogP contribution in [0.2, 0.25) is 0 Å². The van der Waals surface area contributed by atoms with E-state index in [0.717, 1.165) is 31.3 Å². The maximum absolute atomic E-state index is 10.6. The number of aromatic nitrogens is 3. The predicted molar refractivity (Wildman–Crippen MR) is 73.1 cm³/mol. The second kappa shape index (κ2) is 6.25. The standard InChI is InChI=1S/C11H19N5O2S/c1-15-5-3-2-4-8(15)6-16-10(12)13-14-11(16)19-7-9(17)18/h8H,2-7H2,1H3,(H2,12,13)(H,17,18). The summed E-state index contributed by atoms with van der Waals surface area (Å²) < 4.78 is 1.82. The zero-order chi connectivity index (χ0) is 13.8. The Hall–Kier alpha value is -1.28. The minimum absolute atomic E-state index is 0.0291. The molecule has 2 rings (SSSR count). The van der Waals surface area contributed by atoms with Crippen LogP contribution in [0.15, 0.2) is 5.16 Å². The van der Waals surface area contributed by atoms with Crippen LogP contribution in [0.4, 0.5) is 5.95 Å². The molecule has 1 aromatic rings. The largest absolute Gasteiger partial charge is 0.481 e. The molecule has 1 atom stereocenters. The molecule has 1 unspecified atom stereocenters. The van der Waals surface area contributed by atoms with Crippen molar-refractivity contribution in [3.63, 3.8) is 0 Å². The van der Waals surface area contributed by atoms with Crippen molar-refractivity contribution in [1.82, 2.24) is 19.7 Å². The van der Waals surface area contributed by atoms with Crippen molar-refractivity contribution in [2.75, 3.05) is 25.1 Å².